The Morgan fingerprint density at radius 3 is 1.72 bits per heavy atom. The molecular weight excluding hydrogens is 512 g/mol. The fourth-order valence-electron chi connectivity index (χ4n) is 4.75. The van der Waals surface area contributed by atoms with Crippen molar-refractivity contribution in [3.8, 4) is 0 Å². The van der Waals surface area contributed by atoms with Gasteiger partial charge < -0.3 is 9.88 Å². The van der Waals surface area contributed by atoms with Crippen LogP contribution >= 0.6 is 15.9 Å². The molecule has 180 valence electrons. The van der Waals surface area contributed by atoms with Crippen molar-refractivity contribution in [3.05, 3.63) is 130 Å². The van der Waals surface area contributed by atoms with Gasteiger partial charge in [-0.05, 0) is 53.4 Å². The van der Waals surface area contributed by atoms with Crippen molar-refractivity contribution in [2.24, 2.45) is 0 Å². The first-order valence-electron chi connectivity index (χ1n) is 11.8. The second kappa shape index (κ2) is 9.36. The number of nitrogens with zero attached hydrogens (tertiary/aromatic N) is 3. The lowest BCUT2D eigenvalue weighted by atomic mass is 9.76. The van der Waals surface area contributed by atoms with Crippen LogP contribution in [0.2, 0.25) is 0 Å². The molecule has 0 radical (unpaired) electrons. The van der Waals surface area contributed by atoms with E-state index in [4.69, 9.17) is 9.97 Å². The van der Waals surface area contributed by atoms with Crippen LogP contribution in [0.4, 0.5) is 0 Å². The van der Waals surface area contributed by atoms with Gasteiger partial charge in [0.15, 0.2) is 5.65 Å². The number of carbonyl (C=O) groups is 1. The molecule has 0 saturated heterocycles. The van der Waals surface area contributed by atoms with E-state index in [0.717, 1.165) is 16.7 Å². The first-order chi connectivity index (χ1) is 17.3. The minimum atomic E-state index is -0.801. The highest BCUT2D eigenvalue weighted by Gasteiger charge is 2.40. The number of nitrogens with one attached hydrogen (secondary N) is 1. The van der Waals surface area contributed by atoms with E-state index in [0.29, 0.717) is 21.3 Å². The fraction of sp³-hybridized carbons (Fsp3) is 0.167. The van der Waals surface area contributed by atoms with Crippen LogP contribution in [-0.4, -0.2) is 26.0 Å². The number of halogens is 1. The molecule has 5 nitrogen and oxygen atoms in total. The Labute approximate surface area is 219 Å². The normalized spacial score (nSPS) is 12.0. The Kier molecular flexibility index (Phi) is 6.22. The van der Waals surface area contributed by atoms with Gasteiger partial charge in [0.05, 0.1) is 11.8 Å². The Morgan fingerprint density at radius 1 is 0.806 bits per heavy atom. The summed E-state index contributed by atoms with van der Waals surface area (Å²) in [6.07, 6.45) is 3.57. The molecule has 36 heavy (non-hydrogen) atoms. The van der Waals surface area contributed by atoms with Crippen LogP contribution in [0.15, 0.2) is 108 Å². The predicted octanol–water partition coefficient (Wildman–Crippen LogP) is 6.56. The van der Waals surface area contributed by atoms with Crippen molar-refractivity contribution in [3.63, 3.8) is 0 Å². The third kappa shape index (κ3) is 4.22. The van der Waals surface area contributed by atoms with Crippen LogP contribution in [0.1, 0.15) is 47.8 Å². The largest absolute Gasteiger partial charge is 0.347 e. The van der Waals surface area contributed by atoms with Gasteiger partial charge in [0.25, 0.3) is 5.91 Å². The van der Waals surface area contributed by atoms with Gasteiger partial charge in [-0.15, -0.1) is 0 Å². The number of amides is 1. The maximum Gasteiger partial charge on any atom is 0.255 e. The van der Waals surface area contributed by atoms with Crippen molar-refractivity contribution in [2.45, 2.75) is 31.8 Å². The van der Waals surface area contributed by atoms with Gasteiger partial charge in [-0.2, -0.15) is 0 Å². The molecule has 0 aliphatic rings. The highest BCUT2D eigenvalue weighted by Crippen LogP contribution is 2.43. The molecule has 0 aliphatic heterocycles. The lowest BCUT2D eigenvalue weighted by Gasteiger charge is -2.38. The topological polar surface area (TPSA) is 59.8 Å². The third-order valence-corrected chi connectivity index (χ3v) is 6.52. The summed E-state index contributed by atoms with van der Waals surface area (Å²) in [7, 11) is 0. The molecule has 0 fully saturated rings. The molecule has 5 aromatic rings. The molecule has 1 N–H and O–H groups in total. The molecule has 1 amide bonds. The van der Waals surface area contributed by atoms with E-state index >= 15 is 0 Å². The number of aromatic nitrogens is 3. The quantitative estimate of drug-likeness (QED) is 0.257. The van der Waals surface area contributed by atoms with Crippen molar-refractivity contribution >= 4 is 33.0 Å². The van der Waals surface area contributed by atoms with E-state index in [2.05, 4.69) is 62.2 Å². The zero-order valence-electron chi connectivity index (χ0n) is 20.4. The fourth-order valence-corrected chi connectivity index (χ4v) is 5.03. The molecule has 0 saturated carbocycles. The average molecular weight is 539 g/mol. The molecular formula is C30H27BrN4O. The minimum absolute atomic E-state index is 0.193. The zero-order valence-corrected chi connectivity index (χ0v) is 22.0. The van der Waals surface area contributed by atoms with E-state index in [1.165, 1.54) is 0 Å². The number of hydrogen-bond donors (Lipinski definition) is 1. The van der Waals surface area contributed by atoms with Crippen LogP contribution in [0.5, 0.6) is 0 Å². The lowest BCUT2D eigenvalue weighted by Crippen LogP contribution is -2.40. The van der Waals surface area contributed by atoms with E-state index in [1.54, 1.807) is 6.20 Å². The van der Waals surface area contributed by atoms with Gasteiger partial charge in [0.2, 0.25) is 0 Å². The molecule has 0 aliphatic carbocycles. The second-order valence-electron chi connectivity index (χ2n) is 9.79. The van der Waals surface area contributed by atoms with Gasteiger partial charge in [0, 0.05) is 11.7 Å². The monoisotopic (exact) mass is 538 g/mol. The lowest BCUT2D eigenvalue weighted by molar-refractivity contribution is 0.0920. The number of carbonyl (C=O) groups excluding carboxylic acids is 1. The molecule has 5 rings (SSSR count). The second-order valence-corrected chi connectivity index (χ2v) is 10.6. The Bertz CT molecular complexity index is 1410. The van der Waals surface area contributed by atoms with Gasteiger partial charge in [-0.1, -0.05) is 91.0 Å². The van der Waals surface area contributed by atoms with E-state index < -0.39 is 11.1 Å². The SMILES string of the molecule is CC(C)(C)NC(=O)c1cn(C(c2ccccc2)(c2ccccc2)c2ccccc2)c2ncc(Br)nc12. The summed E-state index contributed by atoms with van der Waals surface area (Å²) in [5.41, 5.74) is 3.57. The minimum Gasteiger partial charge on any atom is -0.347 e. The van der Waals surface area contributed by atoms with E-state index in [9.17, 15) is 4.79 Å². The summed E-state index contributed by atoms with van der Waals surface area (Å²) >= 11 is 3.46. The van der Waals surface area contributed by atoms with Crippen molar-refractivity contribution < 1.29 is 4.79 Å². The van der Waals surface area contributed by atoms with Crippen LogP contribution in [0, 0.1) is 0 Å². The Morgan fingerprint density at radius 2 is 1.28 bits per heavy atom. The molecule has 6 heteroatoms. The van der Waals surface area contributed by atoms with Gasteiger partial charge >= 0.3 is 0 Å². The summed E-state index contributed by atoms with van der Waals surface area (Å²) in [4.78, 5) is 23.0. The molecule has 0 unspecified atom stereocenters. The highest BCUT2D eigenvalue weighted by atomic mass is 79.9. The molecule has 0 spiro atoms. The zero-order chi connectivity index (χ0) is 25.3. The summed E-state index contributed by atoms with van der Waals surface area (Å²) in [6, 6.07) is 31.0. The van der Waals surface area contributed by atoms with E-state index in [1.807, 2.05) is 81.6 Å². The Balaban J connectivity index is 1.93. The molecule has 0 atom stereocenters. The number of fused-ring (bicyclic) bond motifs is 1. The summed E-state index contributed by atoms with van der Waals surface area (Å²) < 4.78 is 2.67. The van der Waals surface area contributed by atoms with Crippen LogP contribution in [0.25, 0.3) is 11.2 Å². The molecule has 0 bridgehead atoms. The maximum atomic E-state index is 13.5. The number of hydrogen-bond acceptors (Lipinski definition) is 3. The molecule has 2 aromatic heterocycles. The standard InChI is InChI=1S/C30H27BrN4O/c1-29(2,3)34-28(36)24-20-35(27-26(24)33-25(31)19-32-27)30(21-13-7-4-8-14-21,22-15-9-5-10-16-22)23-17-11-6-12-18-23/h4-20H,1-3H3,(H,34,36). The number of benzene rings is 3. The number of rotatable bonds is 5. The summed E-state index contributed by atoms with van der Waals surface area (Å²) in [5, 5.41) is 3.10. The van der Waals surface area contributed by atoms with Crippen molar-refractivity contribution in [1.82, 2.24) is 19.9 Å². The van der Waals surface area contributed by atoms with Crippen LogP contribution in [0.3, 0.4) is 0 Å². The predicted molar refractivity (Wildman–Crippen MR) is 147 cm³/mol. The van der Waals surface area contributed by atoms with Crippen molar-refractivity contribution in [2.75, 3.05) is 0 Å². The van der Waals surface area contributed by atoms with Crippen LogP contribution in [-0.2, 0) is 5.54 Å². The smallest absolute Gasteiger partial charge is 0.255 e. The van der Waals surface area contributed by atoms with Crippen LogP contribution < -0.4 is 5.32 Å². The maximum absolute atomic E-state index is 13.5. The average Bonchev–Trinajstić information content (AvgIpc) is 3.25. The molecule has 2 heterocycles. The van der Waals surface area contributed by atoms with Gasteiger partial charge in [-0.25, -0.2) is 9.97 Å². The highest BCUT2D eigenvalue weighted by molar-refractivity contribution is 9.10. The first kappa shape index (κ1) is 23.9. The van der Waals surface area contributed by atoms with Gasteiger partial charge in [-0.3, -0.25) is 4.79 Å². The third-order valence-electron chi connectivity index (χ3n) is 6.13. The van der Waals surface area contributed by atoms with Gasteiger partial charge in [0.1, 0.15) is 15.7 Å². The Hall–Kier alpha value is -3.77. The molecule has 3 aromatic carbocycles. The van der Waals surface area contributed by atoms with Crippen molar-refractivity contribution in [1.29, 1.82) is 0 Å². The summed E-state index contributed by atoms with van der Waals surface area (Å²) in [6.45, 7) is 5.90. The summed E-state index contributed by atoms with van der Waals surface area (Å²) in [5.74, 6) is -0.193. The first-order valence-corrected chi connectivity index (χ1v) is 12.6. The van der Waals surface area contributed by atoms with E-state index in [-0.39, 0.29) is 5.91 Å².